The summed E-state index contributed by atoms with van der Waals surface area (Å²) in [5.41, 5.74) is 0.732. The van der Waals surface area contributed by atoms with Gasteiger partial charge in [0.2, 0.25) is 0 Å². The third-order valence-electron chi connectivity index (χ3n) is 2.68. The average molecular weight is 328 g/mol. The number of anilines is 1. The molecule has 0 bridgehead atoms. The molecule has 0 radical (unpaired) electrons. The minimum absolute atomic E-state index is 0.00260. The molecular weight excluding hydrogens is 316 g/mol. The molecule has 1 N–H and O–H groups in total. The van der Waals surface area contributed by atoms with E-state index in [9.17, 15) is 8.78 Å². The molecule has 0 aromatic heterocycles. The maximum Gasteiger partial charge on any atom is 0.145 e. The lowest BCUT2D eigenvalue weighted by molar-refractivity contribution is 0.415. The monoisotopic (exact) mass is 327 g/mol. The highest BCUT2D eigenvalue weighted by atomic mass is 79.9. The van der Waals surface area contributed by atoms with Gasteiger partial charge in [0, 0.05) is 23.9 Å². The van der Waals surface area contributed by atoms with Crippen LogP contribution in [0, 0.1) is 11.6 Å². The van der Waals surface area contributed by atoms with Crippen molar-refractivity contribution in [2.75, 3.05) is 12.4 Å². The summed E-state index contributed by atoms with van der Waals surface area (Å²) in [7, 11) is 1.56. The Morgan fingerprint density at radius 2 is 2.00 bits per heavy atom. The van der Waals surface area contributed by atoms with Crippen LogP contribution in [-0.2, 0) is 6.54 Å². The second-order valence-electron chi connectivity index (χ2n) is 3.91. The van der Waals surface area contributed by atoms with Crippen molar-refractivity contribution in [3.05, 3.63) is 58.1 Å². The van der Waals surface area contributed by atoms with E-state index < -0.39 is 11.6 Å². The second kappa shape index (κ2) is 6.02. The second-order valence-corrected chi connectivity index (χ2v) is 4.76. The first-order valence-electron chi connectivity index (χ1n) is 5.62. The Morgan fingerprint density at radius 3 is 2.74 bits per heavy atom. The Morgan fingerprint density at radius 1 is 1.21 bits per heavy atom. The summed E-state index contributed by atoms with van der Waals surface area (Å²) in [6, 6.07) is 9.74. The molecule has 2 nitrogen and oxygen atoms in total. The van der Waals surface area contributed by atoms with Crippen molar-refractivity contribution >= 4 is 21.6 Å². The smallest absolute Gasteiger partial charge is 0.145 e. The molecule has 0 aliphatic heterocycles. The van der Waals surface area contributed by atoms with E-state index in [0.717, 1.165) is 5.69 Å². The fraction of sp³-hybridized carbons (Fsp3) is 0.143. The number of ether oxygens (including phenoxy) is 1. The van der Waals surface area contributed by atoms with Gasteiger partial charge in [0.05, 0.1) is 11.6 Å². The van der Waals surface area contributed by atoms with Crippen molar-refractivity contribution < 1.29 is 13.5 Å². The van der Waals surface area contributed by atoms with E-state index >= 15 is 0 Å². The molecule has 0 heterocycles. The molecule has 0 saturated heterocycles. The third kappa shape index (κ3) is 3.23. The molecule has 2 aromatic rings. The molecule has 0 fully saturated rings. The SMILES string of the molecule is COc1cccc(NCc2c(F)ccc(Br)c2F)c1. The van der Waals surface area contributed by atoms with Crippen molar-refractivity contribution in [1.29, 1.82) is 0 Å². The van der Waals surface area contributed by atoms with Gasteiger partial charge in [-0.1, -0.05) is 6.07 Å². The topological polar surface area (TPSA) is 21.3 Å². The van der Waals surface area contributed by atoms with E-state index in [1.165, 1.54) is 12.1 Å². The normalized spacial score (nSPS) is 10.3. The Labute approximate surface area is 118 Å². The third-order valence-corrected chi connectivity index (χ3v) is 3.29. The van der Waals surface area contributed by atoms with Crippen LogP contribution >= 0.6 is 15.9 Å². The van der Waals surface area contributed by atoms with Gasteiger partial charge in [-0.05, 0) is 40.2 Å². The van der Waals surface area contributed by atoms with Crippen molar-refractivity contribution in [2.24, 2.45) is 0 Å². The lowest BCUT2D eigenvalue weighted by Gasteiger charge is -2.10. The van der Waals surface area contributed by atoms with Crippen LogP contribution in [0.15, 0.2) is 40.9 Å². The fourth-order valence-electron chi connectivity index (χ4n) is 1.65. The Hall–Kier alpha value is -1.62. The number of hydrogen-bond donors (Lipinski definition) is 1. The number of methoxy groups -OCH3 is 1. The van der Waals surface area contributed by atoms with Crippen LogP contribution in [0.2, 0.25) is 0 Å². The predicted octanol–water partition coefficient (Wildman–Crippen LogP) is 4.35. The fourth-order valence-corrected chi connectivity index (χ4v) is 2.03. The summed E-state index contributed by atoms with van der Waals surface area (Å²) in [5.74, 6) is -0.480. The highest BCUT2D eigenvalue weighted by molar-refractivity contribution is 9.10. The standard InChI is InChI=1S/C14H12BrF2NO/c1-19-10-4-2-3-9(7-10)18-8-11-13(16)6-5-12(15)14(11)17/h2-7,18H,8H2,1H3. The molecule has 0 aliphatic carbocycles. The van der Waals surface area contributed by atoms with E-state index in [0.29, 0.717) is 5.75 Å². The molecule has 19 heavy (non-hydrogen) atoms. The van der Waals surface area contributed by atoms with Gasteiger partial charge in [0.1, 0.15) is 17.4 Å². The number of benzene rings is 2. The lowest BCUT2D eigenvalue weighted by Crippen LogP contribution is -2.05. The Balaban J connectivity index is 2.16. The van der Waals surface area contributed by atoms with Crippen molar-refractivity contribution in [2.45, 2.75) is 6.54 Å². The summed E-state index contributed by atoms with van der Waals surface area (Å²) < 4.78 is 32.6. The van der Waals surface area contributed by atoms with Crippen LogP contribution in [0.4, 0.5) is 14.5 Å². The van der Waals surface area contributed by atoms with Gasteiger partial charge in [0.25, 0.3) is 0 Å². The van der Waals surface area contributed by atoms with Gasteiger partial charge in [-0.2, -0.15) is 0 Å². The van der Waals surface area contributed by atoms with E-state index in [1.807, 2.05) is 0 Å². The molecule has 0 saturated carbocycles. The summed E-state index contributed by atoms with van der Waals surface area (Å²) in [6.45, 7) is 0.0598. The largest absolute Gasteiger partial charge is 0.497 e. The molecule has 0 atom stereocenters. The minimum Gasteiger partial charge on any atom is -0.497 e. The van der Waals surface area contributed by atoms with Gasteiger partial charge in [-0.25, -0.2) is 8.78 Å². The van der Waals surface area contributed by atoms with Crippen LogP contribution in [-0.4, -0.2) is 7.11 Å². The number of nitrogens with one attached hydrogen (secondary N) is 1. The summed E-state index contributed by atoms with van der Waals surface area (Å²) in [5, 5.41) is 2.96. The number of halogens is 3. The van der Waals surface area contributed by atoms with Crippen LogP contribution in [0.3, 0.4) is 0 Å². The molecular formula is C14H12BrF2NO. The van der Waals surface area contributed by atoms with E-state index in [1.54, 1.807) is 31.4 Å². The first kappa shape index (κ1) is 13.8. The van der Waals surface area contributed by atoms with E-state index in [2.05, 4.69) is 21.2 Å². The summed E-state index contributed by atoms with van der Waals surface area (Å²) in [6.07, 6.45) is 0. The van der Waals surface area contributed by atoms with Gasteiger partial charge < -0.3 is 10.1 Å². The van der Waals surface area contributed by atoms with Gasteiger partial charge in [0.15, 0.2) is 0 Å². The van der Waals surface area contributed by atoms with Crippen LogP contribution < -0.4 is 10.1 Å². The highest BCUT2D eigenvalue weighted by Crippen LogP contribution is 2.23. The van der Waals surface area contributed by atoms with Crippen molar-refractivity contribution in [3.8, 4) is 5.75 Å². The quantitative estimate of drug-likeness (QED) is 0.843. The maximum atomic E-state index is 13.8. The zero-order valence-corrected chi connectivity index (χ0v) is 11.8. The van der Waals surface area contributed by atoms with Gasteiger partial charge >= 0.3 is 0 Å². The minimum atomic E-state index is -0.588. The number of hydrogen-bond acceptors (Lipinski definition) is 2. The molecule has 0 spiro atoms. The molecule has 2 aromatic carbocycles. The zero-order chi connectivity index (χ0) is 13.8. The molecule has 5 heteroatoms. The lowest BCUT2D eigenvalue weighted by atomic mass is 10.2. The Kier molecular flexibility index (Phi) is 4.37. The maximum absolute atomic E-state index is 13.8. The highest BCUT2D eigenvalue weighted by Gasteiger charge is 2.11. The summed E-state index contributed by atoms with van der Waals surface area (Å²) in [4.78, 5) is 0. The van der Waals surface area contributed by atoms with E-state index in [4.69, 9.17) is 4.74 Å². The molecule has 2 rings (SSSR count). The van der Waals surface area contributed by atoms with Crippen molar-refractivity contribution in [3.63, 3.8) is 0 Å². The summed E-state index contributed by atoms with van der Waals surface area (Å²) >= 11 is 3.04. The van der Waals surface area contributed by atoms with E-state index in [-0.39, 0.29) is 16.6 Å². The van der Waals surface area contributed by atoms with Crippen LogP contribution in [0.25, 0.3) is 0 Å². The van der Waals surface area contributed by atoms with Crippen LogP contribution in [0.5, 0.6) is 5.75 Å². The molecule has 0 unspecified atom stereocenters. The van der Waals surface area contributed by atoms with Gasteiger partial charge in [-0.15, -0.1) is 0 Å². The average Bonchev–Trinajstić information content (AvgIpc) is 2.43. The Bertz CT molecular complexity index is 590. The molecule has 0 aliphatic rings. The first-order chi connectivity index (χ1) is 9.11. The number of rotatable bonds is 4. The van der Waals surface area contributed by atoms with Gasteiger partial charge in [-0.3, -0.25) is 0 Å². The van der Waals surface area contributed by atoms with Crippen molar-refractivity contribution in [1.82, 2.24) is 0 Å². The molecule has 0 amide bonds. The van der Waals surface area contributed by atoms with Crippen LogP contribution in [0.1, 0.15) is 5.56 Å². The zero-order valence-electron chi connectivity index (χ0n) is 10.2. The molecule has 100 valence electrons. The predicted molar refractivity (Wildman–Crippen MR) is 74.4 cm³/mol. The first-order valence-corrected chi connectivity index (χ1v) is 6.41.